The second kappa shape index (κ2) is 14.0. The molecule has 16 nitrogen and oxygen atoms in total. The lowest BCUT2D eigenvalue weighted by atomic mass is 10.0. The van der Waals surface area contributed by atoms with Gasteiger partial charge < -0.3 is 36.3 Å². The smallest absolute Gasteiger partial charge is 0.352 e. The molecule has 0 aromatic carbocycles. The van der Waals surface area contributed by atoms with E-state index < -0.39 is 47.0 Å². The van der Waals surface area contributed by atoms with E-state index in [-0.39, 0.29) is 33.2 Å². The van der Waals surface area contributed by atoms with Crippen LogP contribution < -0.4 is 25.8 Å². The normalized spacial score (nSPS) is 18.7. The molecular formula is C25H28ClN8O8S2+. The Morgan fingerprint density at radius 1 is 1.36 bits per heavy atom. The quantitative estimate of drug-likeness (QED) is 0.0565. The van der Waals surface area contributed by atoms with E-state index in [1.54, 1.807) is 36.1 Å². The summed E-state index contributed by atoms with van der Waals surface area (Å²) in [6.45, 7) is 2.43. The van der Waals surface area contributed by atoms with Gasteiger partial charge in [0, 0.05) is 36.5 Å². The van der Waals surface area contributed by atoms with Crippen LogP contribution in [0.25, 0.3) is 0 Å². The summed E-state index contributed by atoms with van der Waals surface area (Å²) in [4.78, 5) is 72.9. The van der Waals surface area contributed by atoms with Crippen molar-refractivity contribution in [2.24, 2.45) is 5.16 Å². The molecule has 1 fully saturated rings. The Bertz CT molecular complexity index is 1530. The maximum Gasteiger partial charge on any atom is 0.352 e. The van der Waals surface area contributed by atoms with Gasteiger partial charge in [-0.15, -0.1) is 11.8 Å². The summed E-state index contributed by atoms with van der Waals surface area (Å²) in [5.74, 6) is -4.02. The third-order valence-electron chi connectivity index (χ3n) is 6.54. The minimum atomic E-state index is -1.42. The number of aromatic nitrogens is 2. The Morgan fingerprint density at radius 3 is 2.64 bits per heavy atom. The van der Waals surface area contributed by atoms with Gasteiger partial charge in [-0.3, -0.25) is 19.3 Å². The number of carboxylic acid groups (broad SMARTS) is 2. The summed E-state index contributed by atoms with van der Waals surface area (Å²) in [6, 6.07) is 2.33. The molecule has 1 saturated heterocycles. The molecule has 234 valence electrons. The number of β-lactam (4-membered cyclic amide) rings is 1. The minimum Gasteiger partial charge on any atom is -0.478 e. The number of aliphatic carboxylic acids is 2. The Kier molecular flexibility index (Phi) is 10.4. The Morgan fingerprint density at radius 2 is 2.07 bits per heavy atom. The molecule has 19 heteroatoms. The SMILES string of the molecule is CNCCN(C=O)c1cc[n+](CC2=C(C(=O)O)N3C(=O)[C@@H](NC(=O)C(=NO[C@@H](C)C(=O)O)c4nc(N)sc4Cl)[C@H]3SC2)cc1. The average molecular weight is 668 g/mol. The highest BCUT2D eigenvalue weighted by Crippen LogP contribution is 2.40. The number of nitrogen functional groups attached to an aromatic ring is 1. The van der Waals surface area contributed by atoms with E-state index in [1.165, 1.54) is 23.6 Å². The Labute approximate surface area is 263 Å². The first-order chi connectivity index (χ1) is 21.0. The number of carbonyl (C=O) groups is 5. The predicted octanol–water partition coefficient (Wildman–Crippen LogP) is -0.519. The topological polar surface area (TPSA) is 221 Å². The number of anilines is 2. The van der Waals surface area contributed by atoms with E-state index in [1.807, 2.05) is 0 Å². The van der Waals surface area contributed by atoms with Crippen molar-refractivity contribution in [2.45, 2.75) is 31.0 Å². The van der Waals surface area contributed by atoms with Crippen molar-refractivity contribution in [1.29, 1.82) is 0 Å². The van der Waals surface area contributed by atoms with Gasteiger partial charge in [0.1, 0.15) is 27.1 Å². The van der Waals surface area contributed by atoms with E-state index in [0.29, 0.717) is 24.4 Å². The summed E-state index contributed by atoms with van der Waals surface area (Å²) in [7, 11) is 1.78. The van der Waals surface area contributed by atoms with Crippen molar-refractivity contribution in [3.8, 4) is 0 Å². The molecule has 0 bridgehead atoms. The molecule has 0 saturated carbocycles. The lowest BCUT2D eigenvalue weighted by molar-refractivity contribution is -0.689. The first kappa shape index (κ1) is 32.6. The lowest BCUT2D eigenvalue weighted by Crippen LogP contribution is -2.71. The van der Waals surface area contributed by atoms with Crippen molar-refractivity contribution in [3.05, 3.63) is 45.8 Å². The molecule has 44 heavy (non-hydrogen) atoms. The largest absolute Gasteiger partial charge is 0.478 e. The number of carboxylic acids is 2. The van der Waals surface area contributed by atoms with Crippen LogP contribution in [-0.2, 0) is 35.4 Å². The fraction of sp³-hybridized carbons (Fsp3) is 0.360. The van der Waals surface area contributed by atoms with Crippen LogP contribution in [0.2, 0.25) is 4.34 Å². The molecule has 2 aliphatic heterocycles. The van der Waals surface area contributed by atoms with Crippen LogP contribution in [0.3, 0.4) is 0 Å². The van der Waals surface area contributed by atoms with Gasteiger partial charge in [0.05, 0.1) is 5.69 Å². The molecule has 2 aromatic rings. The standard InChI is InChI=1S/C25H27ClN8O8S2/c1-12(23(38)39)42-31-16(15-19(26)44-25(27)30-15)20(36)29-17-21(37)34-18(24(40)41)13(10-43-22(17)34)9-32-6-3-14(4-7-32)33(11-35)8-5-28-2/h3-4,6-7,11-12,17,22,28H,5,8-10H2,1-2H3,(H4-,27,29,30,36,38,39,40,41)/p+1/t12-,17+,22+/m0/s1. The summed E-state index contributed by atoms with van der Waals surface area (Å²) in [5, 5.41) is 27.5. The monoisotopic (exact) mass is 667 g/mol. The number of carbonyl (C=O) groups excluding carboxylic acids is 3. The van der Waals surface area contributed by atoms with Gasteiger partial charge in [-0.1, -0.05) is 28.1 Å². The molecule has 2 aliphatic rings. The van der Waals surface area contributed by atoms with E-state index in [2.05, 4.69) is 20.8 Å². The van der Waals surface area contributed by atoms with Gasteiger partial charge >= 0.3 is 11.9 Å². The number of thioether (sulfide) groups is 1. The van der Waals surface area contributed by atoms with Gasteiger partial charge in [0.15, 0.2) is 29.8 Å². The van der Waals surface area contributed by atoms with Crippen LogP contribution in [-0.4, -0.2) is 99.4 Å². The van der Waals surface area contributed by atoms with Crippen molar-refractivity contribution in [2.75, 3.05) is 36.5 Å². The second-order valence-electron chi connectivity index (χ2n) is 9.45. The number of pyridine rings is 1. The third-order valence-corrected chi connectivity index (χ3v) is 8.96. The van der Waals surface area contributed by atoms with Crippen LogP contribution in [0.5, 0.6) is 0 Å². The third kappa shape index (κ3) is 6.93. The van der Waals surface area contributed by atoms with Gasteiger partial charge in [-0.2, -0.15) is 0 Å². The van der Waals surface area contributed by atoms with Crippen LogP contribution in [0.1, 0.15) is 12.6 Å². The number of likely N-dealkylation sites (N-methyl/N-ethyl adjacent to an activating group) is 1. The van der Waals surface area contributed by atoms with Crippen molar-refractivity contribution >= 4 is 81.4 Å². The minimum absolute atomic E-state index is 0.0108. The van der Waals surface area contributed by atoms with E-state index in [4.69, 9.17) is 27.3 Å². The van der Waals surface area contributed by atoms with Gasteiger partial charge in [0.25, 0.3) is 11.8 Å². The molecule has 6 N–H and O–H groups in total. The van der Waals surface area contributed by atoms with Crippen LogP contribution in [0.4, 0.5) is 10.8 Å². The molecule has 3 atom stereocenters. The molecule has 4 heterocycles. The highest BCUT2D eigenvalue weighted by molar-refractivity contribution is 8.00. The van der Waals surface area contributed by atoms with Crippen LogP contribution >= 0.6 is 34.7 Å². The summed E-state index contributed by atoms with van der Waals surface area (Å²) in [6.07, 6.45) is 2.73. The Balaban J connectivity index is 1.51. The van der Waals surface area contributed by atoms with Gasteiger partial charge in [-0.05, 0) is 14.0 Å². The van der Waals surface area contributed by atoms with Gasteiger partial charge in [-0.25, -0.2) is 19.1 Å². The maximum atomic E-state index is 13.2. The van der Waals surface area contributed by atoms with Crippen molar-refractivity contribution < 1.29 is 43.6 Å². The van der Waals surface area contributed by atoms with Crippen molar-refractivity contribution in [3.63, 3.8) is 0 Å². The summed E-state index contributed by atoms with van der Waals surface area (Å²) >= 11 is 8.25. The zero-order valence-corrected chi connectivity index (χ0v) is 25.7. The highest BCUT2D eigenvalue weighted by atomic mass is 35.5. The zero-order valence-electron chi connectivity index (χ0n) is 23.3. The number of rotatable bonds is 14. The fourth-order valence-electron chi connectivity index (χ4n) is 4.29. The molecule has 2 aromatic heterocycles. The molecular weight excluding hydrogens is 640 g/mol. The number of nitrogens with zero attached hydrogens (tertiary/aromatic N) is 5. The highest BCUT2D eigenvalue weighted by Gasteiger charge is 2.55. The number of hydrogen-bond donors (Lipinski definition) is 5. The number of halogens is 1. The number of oxime groups is 1. The second-order valence-corrected chi connectivity index (χ2v) is 12.2. The first-order valence-electron chi connectivity index (χ1n) is 12.9. The number of hydrogen-bond acceptors (Lipinski definition) is 12. The number of thiazole rings is 1. The average Bonchev–Trinajstić information content (AvgIpc) is 3.33. The number of nitrogens with two attached hydrogens (primary N) is 1. The summed E-state index contributed by atoms with van der Waals surface area (Å²) < 4.78 is 1.72. The lowest BCUT2D eigenvalue weighted by Gasteiger charge is -2.49. The van der Waals surface area contributed by atoms with Crippen molar-refractivity contribution in [1.82, 2.24) is 20.5 Å². The van der Waals surface area contributed by atoms with E-state index in [9.17, 15) is 29.1 Å². The molecule has 4 rings (SSSR count). The number of amides is 3. The first-order valence-corrected chi connectivity index (χ1v) is 15.2. The van der Waals surface area contributed by atoms with Crippen LogP contribution in [0, 0.1) is 0 Å². The van der Waals surface area contributed by atoms with E-state index in [0.717, 1.165) is 22.6 Å². The fourth-order valence-corrected chi connectivity index (χ4v) is 6.55. The molecule has 3 amide bonds. The molecule has 0 aliphatic carbocycles. The van der Waals surface area contributed by atoms with Crippen LogP contribution in [0.15, 0.2) is 41.0 Å². The molecule has 0 radical (unpaired) electrons. The molecule has 0 spiro atoms. The predicted molar refractivity (Wildman–Crippen MR) is 160 cm³/mol. The zero-order chi connectivity index (χ0) is 32.1. The Hall–Kier alpha value is -4.26. The summed E-state index contributed by atoms with van der Waals surface area (Å²) in [5.41, 5.74) is 5.96. The molecule has 0 unspecified atom stereocenters. The number of nitrogens with one attached hydrogen (secondary N) is 2. The van der Waals surface area contributed by atoms with Gasteiger partial charge in [0.2, 0.25) is 12.5 Å². The number of fused-ring (bicyclic) bond motifs is 1. The maximum absolute atomic E-state index is 13.2. The van der Waals surface area contributed by atoms with E-state index >= 15 is 0 Å².